The van der Waals surface area contributed by atoms with Crippen molar-refractivity contribution in [2.75, 3.05) is 0 Å². The lowest BCUT2D eigenvalue weighted by atomic mass is 10.1. The van der Waals surface area contributed by atoms with E-state index in [-0.39, 0.29) is 17.0 Å². The van der Waals surface area contributed by atoms with Gasteiger partial charge in [0.05, 0.1) is 5.56 Å². The second kappa shape index (κ2) is 4.37. The van der Waals surface area contributed by atoms with Gasteiger partial charge in [0.15, 0.2) is 11.5 Å². The first-order chi connectivity index (χ1) is 9.86. The van der Waals surface area contributed by atoms with Crippen LogP contribution in [0.3, 0.4) is 0 Å². The molecule has 0 unspecified atom stereocenters. The summed E-state index contributed by atoms with van der Waals surface area (Å²) in [6, 6.07) is 4.44. The molecule has 0 radical (unpaired) electrons. The monoisotopic (exact) mass is 296 g/mol. The average Bonchev–Trinajstić information content (AvgIpc) is 3.03. The molecule has 2 N–H and O–H groups in total. The molecule has 0 amide bonds. The van der Waals surface area contributed by atoms with Crippen LogP contribution in [0.5, 0.6) is 0 Å². The Kier molecular flexibility index (Phi) is 2.75. The number of hydrogen-bond donors (Lipinski definition) is 2. The van der Waals surface area contributed by atoms with Gasteiger partial charge in [0.1, 0.15) is 0 Å². The molecular formula is C13H7F3N2O3. The van der Waals surface area contributed by atoms with Crippen LogP contribution < -0.4 is 0 Å². The van der Waals surface area contributed by atoms with Crippen LogP contribution >= 0.6 is 0 Å². The third-order valence-electron chi connectivity index (χ3n) is 3.00. The van der Waals surface area contributed by atoms with Crippen LogP contribution in [0, 0.1) is 0 Å². The lowest BCUT2D eigenvalue weighted by Gasteiger charge is -2.06. The number of nitrogens with zero attached hydrogens (tertiary/aromatic N) is 1. The van der Waals surface area contributed by atoms with Crippen LogP contribution in [0.2, 0.25) is 0 Å². The molecule has 0 atom stereocenters. The summed E-state index contributed by atoms with van der Waals surface area (Å²) in [4.78, 5) is 13.4. The minimum atomic E-state index is -4.43. The molecule has 21 heavy (non-hydrogen) atoms. The highest BCUT2D eigenvalue weighted by Crippen LogP contribution is 2.34. The lowest BCUT2D eigenvalue weighted by molar-refractivity contribution is -0.137. The molecule has 0 aliphatic rings. The Morgan fingerprint density at radius 1 is 1.29 bits per heavy atom. The van der Waals surface area contributed by atoms with Gasteiger partial charge in [-0.05, 0) is 12.1 Å². The fourth-order valence-corrected chi connectivity index (χ4v) is 2.01. The highest BCUT2D eigenvalue weighted by Gasteiger charge is 2.30. The number of rotatable bonds is 2. The first kappa shape index (κ1) is 13.2. The molecule has 1 aromatic carbocycles. The maximum absolute atomic E-state index is 12.6. The van der Waals surface area contributed by atoms with Crippen molar-refractivity contribution in [1.29, 1.82) is 0 Å². The Bertz CT molecular complexity index is 833. The first-order valence-corrected chi connectivity index (χ1v) is 5.75. The summed E-state index contributed by atoms with van der Waals surface area (Å²) in [5, 5.41) is 12.6. The highest BCUT2D eigenvalue weighted by atomic mass is 19.4. The second-order valence-electron chi connectivity index (χ2n) is 4.34. The van der Waals surface area contributed by atoms with Crippen LogP contribution in [0.25, 0.3) is 22.2 Å². The van der Waals surface area contributed by atoms with Gasteiger partial charge in [-0.2, -0.15) is 13.2 Å². The summed E-state index contributed by atoms with van der Waals surface area (Å²) in [5.74, 6) is -1.08. The third-order valence-corrected chi connectivity index (χ3v) is 3.00. The topological polar surface area (TPSA) is 79.1 Å². The smallest absolute Gasteiger partial charge is 0.416 e. The Morgan fingerprint density at radius 2 is 2.05 bits per heavy atom. The van der Waals surface area contributed by atoms with Crippen molar-refractivity contribution >= 4 is 16.9 Å². The summed E-state index contributed by atoms with van der Waals surface area (Å²) in [6.45, 7) is 0. The number of aromatic carboxylic acids is 1. The van der Waals surface area contributed by atoms with E-state index >= 15 is 0 Å². The van der Waals surface area contributed by atoms with Crippen LogP contribution in [-0.2, 0) is 6.18 Å². The van der Waals surface area contributed by atoms with Gasteiger partial charge < -0.3 is 14.6 Å². The van der Waals surface area contributed by atoms with E-state index < -0.39 is 17.7 Å². The maximum atomic E-state index is 12.6. The van der Waals surface area contributed by atoms with Crippen LogP contribution in [0.4, 0.5) is 13.2 Å². The minimum absolute atomic E-state index is 0.165. The highest BCUT2D eigenvalue weighted by molar-refractivity contribution is 5.95. The molecule has 2 heterocycles. The van der Waals surface area contributed by atoms with Crippen LogP contribution in [0.15, 0.2) is 35.0 Å². The third kappa shape index (κ3) is 2.24. The number of carboxylic acids is 1. The fraction of sp³-hybridized carbons (Fsp3) is 0.0769. The Hall–Kier alpha value is -2.77. The second-order valence-corrected chi connectivity index (χ2v) is 4.34. The Labute approximate surface area is 115 Å². The molecule has 0 spiro atoms. The van der Waals surface area contributed by atoms with Crippen molar-refractivity contribution in [2.24, 2.45) is 0 Å². The molecule has 2 aromatic heterocycles. The maximum Gasteiger partial charge on any atom is 0.416 e. The molecule has 0 fully saturated rings. The van der Waals surface area contributed by atoms with E-state index in [1.54, 1.807) is 0 Å². The van der Waals surface area contributed by atoms with Gasteiger partial charge in [0.25, 0.3) is 0 Å². The van der Waals surface area contributed by atoms with Gasteiger partial charge in [0.2, 0.25) is 0 Å². The largest absolute Gasteiger partial charge is 0.476 e. The van der Waals surface area contributed by atoms with E-state index in [0.717, 1.165) is 12.1 Å². The Morgan fingerprint density at radius 3 is 2.67 bits per heavy atom. The molecule has 3 rings (SSSR count). The first-order valence-electron chi connectivity index (χ1n) is 5.75. The van der Waals surface area contributed by atoms with Gasteiger partial charge in [0, 0.05) is 28.7 Å². The molecule has 108 valence electrons. The number of aromatic nitrogens is 2. The van der Waals surface area contributed by atoms with E-state index in [4.69, 9.17) is 9.63 Å². The summed E-state index contributed by atoms with van der Waals surface area (Å²) in [5.41, 5.74) is -0.328. The number of hydrogen-bond acceptors (Lipinski definition) is 3. The normalized spacial score (nSPS) is 12.0. The molecule has 0 aliphatic carbocycles. The van der Waals surface area contributed by atoms with E-state index in [2.05, 4.69) is 10.1 Å². The van der Waals surface area contributed by atoms with Gasteiger partial charge >= 0.3 is 12.1 Å². The fourth-order valence-electron chi connectivity index (χ4n) is 2.01. The average molecular weight is 296 g/mol. The summed E-state index contributed by atoms with van der Waals surface area (Å²) < 4.78 is 42.8. The quantitative estimate of drug-likeness (QED) is 0.758. The summed E-state index contributed by atoms with van der Waals surface area (Å²) in [6.07, 6.45) is -2.99. The van der Waals surface area contributed by atoms with Crippen molar-refractivity contribution in [2.45, 2.75) is 6.18 Å². The van der Waals surface area contributed by atoms with Crippen molar-refractivity contribution in [1.82, 2.24) is 10.1 Å². The predicted octanol–water partition coefficient (Wildman–Crippen LogP) is 3.54. The van der Waals surface area contributed by atoms with Crippen LogP contribution in [0.1, 0.15) is 16.1 Å². The number of aromatic amines is 1. The number of nitrogens with one attached hydrogen (secondary N) is 1. The van der Waals surface area contributed by atoms with Gasteiger partial charge in [-0.3, -0.25) is 0 Å². The molecule has 8 heteroatoms. The number of carboxylic acid groups (broad SMARTS) is 1. The summed E-state index contributed by atoms with van der Waals surface area (Å²) >= 11 is 0. The number of carbonyl (C=O) groups is 1. The number of halogens is 3. The van der Waals surface area contributed by atoms with Crippen molar-refractivity contribution in [3.05, 3.63) is 41.7 Å². The molecule has 0 aliphatic heterocycles. The Balaban J connectivity index is 2.10. The van der Waals surface area contributed by atoms with Crippen molar-refractivity contribution in [3.63, 3.8) is 0 Å². The van der Waals surface area contributed by atoms with Crippen LogP contribution in [-0.4, -0.2) is 21.2 Å². The number of H-pyrrole nitrogens is 1. The molecule has 0 saturated carbocycles. The van der Waals surface area contributed by atoms with Crippen molar-refractivity contribution < 1.29 is 27.6 Å². The SMILES string of the molecule is O=C(O)c1cc(-c2c[nH]c3cc(C(F)(F)F)ccc23)on1. The zero-order valence-electron chi connectivity index (χ0n) is 10.2. The van der Waals surface area contributed by atoms with Gasteiger partial charge in [-0.15, -0.1) is 0 Å². The van der Waals surface area contributed by atoms with E-state index in [1.807, 2.05) is 0 Å². The lowest BCUT2D eigenvalue weighted by Crippen LogP contribution is -2.04. The molecule has 3 aromatic rings. The zero-order valence-corrected chi connectivity index (χ0v) is 10.2. The summed E-state index contributed by atoms with van der Waals surface area (Å²) in [7, 11) is 0. The molecule has 0 saturated heterocycles. The van der Waals surface area contributed by atoms with E-state index in [0.29, 0.717) is 10.9 Å². The molecular weight excluding hydrogens is 289 g/mol. The molecule has 0 bridgehead atoms. The minimum Gasteiger partial charge on any atom is -0.476 e. The number of benzene rings is 1. The number of fused-ring (bicyclic) bond motifs is 1. The zero-order chi connectivity index (χ0) is 15.2. The number of alkyl halides is 3. The van der Waals surface area contributed by atoms with E-state index in [1.165, 1.54) is 18.3 Å². The molecule has 5 nitrogen and oxygen atoms in total. The predicted molar refractivity (Wildman–Crippen MR) is 65.8 cm³/mol. The standard InChI is InChI=1S/C13H7F3N2O3/c14-13(15,16)6-1-2-7-8(5-17-9(7)3-6)11-4-10(12(19)20)18-21-11/h1-5,17H,(H,19,20). The van der Waals surface area contributed by atoms with Gasteiger partial charge in [-0.1, -0.05) is 11.2 Å². The van der Waals surface area contributed by atoms with Gasteiger partial charge in [-0.25, -0.2) is 4.79 Å². The van der Waals surface area contributed by atoms with E-state index in [9.17, 15) is 18.0 Å². The van der Waals surface area contributed by atoms with Crippen molar-refractivity contribution in [3.8, 4) is 11.3 Å².